The third-order valence-electron chi connectivity index (χ3n) is 4.02. The molecule has 0 atom stereocenters. The summed E-state index contributed by atoms with van der Waals surface area (Å²) in [6.45, 7) is 2.25. The van der Waals surface area contributed by atoms with E-state index in [4.69, 9.17) is 23.2 Å². The van der Waals surface area contributed by atoms with Gasteiger partial charge in [-0.3, -0.25) is 9.59 Å². The summed E-state index contributed by atoms with van der Waals surface area (Å²) in [5.74, 6) is -0.275. The number of rotatable bonds is 2. The highest BCUT2D eigenvalue weighted by Gasteiger charge is 2.20. The maximum Gasteiger partial charge on any atom is 0.255 e. The van der Waals surface area contributed by atoms with Crippen molar-refractivity contribution in [2.75, 3.05) is 16.8 Å². The minimum atomic E-state index is -0.279. The first-order valence-corrected chi connectivity index (χ1v) is 8.39. The molecule has 6 heteroatoms. The summed E-state index contributed by atoms with van der Waals surface area (Å²) in [7, 11) is 0. The number of hydrogen-bond acceptors (Lipinski definition) is 2. The van der Waals surface area contributed by atoms with Crippen LogP contribution in [0.15, 0.2) is 36.4 Å². The molecule has 0 saturated carbocycles. The maximum atomic E-state index is 12.4. The highest BCUT2D eigenvalue weighted by Crippen LogP contribution is 2.30. The topological polar surface area (TPSA) is 49.4 Å². The van der Waals surface area contributed by atoms with Crippen LogP contribution in [0.1, 0.15) is 29.3 Å². The average Bonchev–Trinajstić information content (AvgIpc) is 2.56. The Morgan fingerprint density at radius 2 is 1.88 bits per heavy atom. The van der Waals surface area contributed by atoms with Crippen molar-refractivity contribution in [3.8, 4) is 0 Å². The number of nitrogens with one attached hydrogen (secondary N) is 1. The summed E-state index contributed by atoms with van der Waals surface area (Å²) < 4.78 is 0. The van der Waals surface area contributed by atoms with Gasteiger partial charge >= 0.3 is 0 Å². The van der Waals surface area contributed by atoms with Crippen LogP contribution >= 0.6 is 23.2 Å². The van der Waals surface area contributed by atoms with E-state index < -0.39 is 0 Å². The van der Waals surface area contributed by atoms with E-state index in [0.717, 1.165) is 24.1 Å². The van der Waals surface area contributed by atoms with Gasteiger partial charge in [-0.15, -0.1) is 0 Å². The van der Waals surface area contributed by atoms with Crippen molar-refractivity contribution in [2.45, 2.75) is 19.8 Å². The fourth-order valence-electron chi connectivity index (χ4n) is 2.82. The molecule has 0 spiro atoms. The van der Waals surface area contributed by atoms with Crippen molar-refractivity contribution in [3.05, 3.63) is 57.6 Å². The molecule has 0 aromatic heterocycles. The first-order valence-electron chi connectivity index (χ1n) is 7.63. The van der Waals surface area contributed by atoms with Crippen LogP contribution < -0.4 is 10.2 Å². The monoisotopic (exact) mass is 362 g/mol. The van der Waals surface area contributed by atoms with Crippen molar-refractivity contribution in [1.82, 2.24) is 0 Å². The average molecular weight is 363 g/mol. The molecule has 124 valence electrons. The van der Waals surface area contributed by atoms with Crippen molar-refractivity contribution in [2.24, 2.45) is 0 Å². The van der Waals surface area contributed by atoms with Crippen LogP contribution in [0.2, 0.25) is 10.0 Å². The number of carbonyl (C=O) groups excluding carboxylic acids is 2. The summed E-state index contributed by atoms with van der Waals surface area (Å²) in [5, 5.41) is 3.57. The van der Waals surface area contributed by atoms with E-state index in [1.54, 1.807) is 24.0 Å². The quantitative estimate of drug-likeness (QED) is 0.851. The number of fused-ring (bicyclic) bond motifs is 1. The minimum absolute atomic E-state index is 0.00362. The molecule has 0 aliphatic carbocycles. The highest BCUT2D eigenvalue weighted by atomic mass is 35.5. The number of benzene rings is 2. The summed E-state index contributed by atoms with van der Waals surface area (Å²) in [6, 6.07) is 10.4. The number of nitrogens with zero attached hydrogens (tertiary/aromatic N) is 1. The van der Waals surface area contributed by atoms with Crippen molar-refractivity contribution >= 4 is 46.4 Å². The van der Waals surface area contributed by atoms with Gasteiger partial charge in [0.1, 0.15) is 0 Å². The van der Waals surface area contributed by atoms with Crippen LogP contribution in [0, 0.1) is 0 Å². The molecule has 0 saturated heterocycles. The van der Waals surface area contributed by atoms with E-state index in [-0.39, 0.29) is 11.8 Å². The van der Waals surface area contributed by atoms with E-state index in [2.05, 4.69) is 5.32 Å². The summed E-state index contributed by atoms with van der Waals surface area (Å²) in [4.78, 5) is 25.9. The van der Waals surface area contributed by atoms with Crippen LogP contribution in [-0.4, -0.2) is 18.4 Å². The highest BCUT2D eigenvalue weighted by molar-refractivity contribution is 6.42. The first-order chi connectivity index (χ1) is 11.5. The maximum absolute atomic E-state index is 12.4. The molecule has 1 N–H and O–H groups in total. The van der Waals surface area contributed by atoms with E-state index in [1.165, 1.54) is 6.07 Å². The van der Waals surface area contributed by atoms with E-state index in [9.17, 15) is 9.59 Å². The Hall–Kier alpha value is -2.04. The van der Waals surface area contributed by atoms with Crippen LogP contribution in [0.3, 0.4) is 0 Å². The predicted octanol–water partition coefficient (Wildman–Crippen LogP) is 4.54. The molecule has 2 amide bonds. The van der Waals surface area contributed by atoms with Crippen molar-refractivity contribution < 1.29 is 9.59 Å². The molecular formula is C18H16Cl2N2O2. The smallest absolute Gasteiger partial charge is 0.255 e. The predicted molar refractivity (Wildman–Crippen MR) is 97.2 cm³/mol. The molecule has 1 aliphatic heterocycles. The fraction of sp³-hybridized carbons (Fsp3) is 0.222. The number of carbonyl (C=O) groups is 2. The Labute approximate surface area is 150 Å². The fourth-order valence-corrected chi connectivity index (χ4v) is 3.12. The van der Waals surface area contributed by atoms with Crippen LogP contribution in [-0.2, 0) is 11.2 Å². The van der Waals surface area contributed by atoms with Crippen molar-refractivity contribution in [3.63, 3.8) is 0 Å². The standard InChI is InChI=1S/C18H16Cl2N2O2/c1-11(23)22-8-2-3-12-4-6-14(10-17(12)22)21-18(24)13-5-7-15(19)16(20)9-13/h4-7,9-10H,2-3,8H2,1H3,(H,21,24). The van der Waals surface area contributed by atoms with Gasteiger partial charge in [-0.2, -0.15) is 0 Å². The van der Waals surface area contributed by atoms with Gasteiger partial charge in [0.15, 0.2) is 0 Å². The molecule has 1 heterocycles. The van der Waals surface area contributed by atoms with Gasteiger partial charge in [-0.05, 0) is 48.7 Å². The molecule has 2 aromatic carbocycles. The molecular weight excluding hydrogens is 347 g/mol. The lowest BCUT2D eigenvalue weighted by atomic mass is 10.0. The normalized spacial score (nSPS) is 13.4. The summed E-state index contributed by atoms with van der Waals surface area (Å²) in [6.07, 6.45) is 1.88. The Morgan fingerprint density at radius 1 is 1.08 bits per heavy atom. The Bertz CT molecular complexity index is 821. The van der Waals surface area contributed by atoms with Gasteiger partial charge in [0.25, 0.3) is 5.91 Å². The zero-order chi connectivity index (χ0) is 17.3. The minimum Gasteiger partial charge on any atom is -0.322 e. The second-order valence-corrected chi connectivity index (χ2v) is 6.52. The van der Waals surface area contributed by atoms with Gasteiger partial charge in [-0.25, -0.2) is 0 Å². The van der Waals surface area contributed by atoms with Gasteiger partial charge in [0, 0.05) is 30.4 Å². The zero-order valence-corrected chi connectivity index (χ0v) is 14.6. The van der Waals surface area contributed by atoms with Crippen LogP contribution in [0.5, 0.6) is 0 Å². The van der Waals surface area contributed by atoms with Gasteiger partial charge in [0.2, 0.25) is 5.91 Å². The largest absolute Gasteiger partial charge is 0.322 e. The van der Waals surface area contributed by atoms with Gasteiger partial charge < -0.3 is 10.2 Å². The second-order valence-electron chi connectivity index (χ2n) is 5.70. The molecule has 0 radical (unpaired) electrons. The number of hydrogen-bond donors (Lipinski definition) is 1. The van der Waals surface area contributed by atoms with Gasteiger partial charge in [0.05, 0.1) is 10.0 Å². The Morgan fingerprint density at radius 3 is 2.58 bits per heavy atom. The molecule has 0 bridgehead atoms. The SMILES string of the molecule is CC(=O)N1CCCc2ccc(NC(=O)c3ccc(Cl)c(Cl)c3)cc21. The Balaban J connectivity index is 1.85. The molecule has 1 aliphatic rings. The zero-order valence-electron chi connectivity index (χ0n) is 13.1. The third-order valence-corrected chi connectivity index (χ3v) is 4.76. The molecule has 3 rings (SSSR count). The Kier molecular flexibility index (Phi) is 4.78. The number of anilines is 2. The lowest BCUT2D eigenvalue weighted by Crippen LogP contribution is -2.33. The molecule has 0 fully saturated rings. The summed E-state index contributed by atoms with van der Waals surface area (Å²) >= 11 is 11.8. The molecule has 2 aromatic rings. The van der Waals surface area contributed by atoms with E-state index in [0.29, 0.717) is 27.8 Å². The van der Waals surface area contributed by atoms with Crippen LogP contribution in [0.4, 0.5) is 11.4 Å². The first kappa shape index (κ1) is 16.8. The number of halogens is 2. The molecule has 0 unspecified atom stereocenters. The lowest BCUT2D eigenvalue weighted by Gasteiger charge is -2.29. The van der Waals surface area contributed by atoms with E-state index >= 15 is 0 Å². The third kappa shape index (κ3) is 3.40. The number of aryl methyl sites for hydroxylation is 1. The summed E-state index contributed by atoms with van der Waals surface area (Å²) in [5.41, 5.74) is 3.04. The number of amides is 2. The lowest BCUT2D eigenvalue weighted by molar-refractivity contribution is -0.116. The second kappa shape index (κ2) is 6.83. The van der Waals surface area contributed by atoms with Crippen molar-refractivity contribution in [1.29, 1.82) is 0 Å². The van der Waals surface area contributed by atoms with E-state index in [1.807, 2.05) is 18.2 Å². The van der Waals surface area contributed by atoms with Crippen LogP contribution in [0.25, 0.3) is 0 Å². The molecule has 24 heavy (non-hydrogen) atoms. The van der Waals surface area contributed by atoms with Gasteiger partial charge in [-0.1, -0.05) is 29.3 Å². The molecule has 4 nitrogen and oxygen atoms in total.